The first-order valence-electron chi connectivity index (χ1n) is 7.64. The normalized spacial score (nSPS) is 11.9. The molecule has 4 heteroatoms. The lowest BCUT2D eigenvalue weighted by Gasteiger charge is -2.13. The van der Waals surface area contributed by atoms with E-state index in [0.29, 0.717) is 18.4 Å². The Morgan fingerprint density at radius 2 is 1.86 bits per heavy atom. The van der Waals surface area contributed by atoms with Crippen LogP contribution in [0.15, 0.2) is 24.3 Å². The second kappa shape index (κ2) is 9.16. The molecule has 4 nitrogen and oxygen atoms in total. The lowest BCUT2D eigenvalue weighted by Crippen LogP contribution is -2.32. The molecule has 0 saturated carbocycles. The van der Waals surface area contributed by atoms with Crippen LogP contribution in [0.5, 0.6) is 0 Å². The number of hydrogen-bond donors (Lipinski definition) is 2. The molecule has 1 aromatic rings. The molecule has 1 rings (SSSR count). The van der Waals surface area contributed by atoms with Crippen LogP contribution in [0, 0.1) is 0 Å². The molecule has 0 radical (unpaired) electrons. The fraction of sp³-hybridized carbons (Fsp3) is 0.529. The largest absolute Gasteiger partial charge is 0.481 e. The molecule has 0 aliphatic carbocycles. The van der Waals surface area contributed by atoms with Crippen molar-refractivity contribution >= 4 is 11.9 Å². The van der Waals surface area contributed by atoms with Gasteiger partial charge in [-0.3, -0.25) is 9.59 Å². The van der Waals surface area contributed by atoms with Gasteiger partial charge >= 0.3 is 5.97 Å². The summed E-state index contributed by atoms with van der Waals surface area (Å²) in [4.78, 5) is 22.5. The highest BCUT2D eigenvalue weighted by Gasteiger charge is 2.10. The highest BCUT2D eigenvalue weighted by Crippen LogP contribution is 2.09. The van der Waals surface area contributed by atoms with E-state index in [2.05, 4.69) is 12.2 Å². The molecule has 1 unspecified atom stereocenters. The lowest BCUT2D eigenvalue weighted by molar-refractivity contribution is -0.137. The fourth-order valence-corrected chi connectivity index (χ4v) is 2.14. The zero-order valence-electron chi connectivity index (χ0n) is 12.9. The van der Waals surface area contributed by atoms with Crippen molar-refractivity contribution in [1.29, 1.82) is 0 Å². The third kappa shape index (κ3) is 6.93. The van der Waals surface area contributed by atoms with Gasteiger partial charge in [0.1, 0.15) is 0 Å². The molecule has 0 aliphatic heterocycles. The van der Waals surface area contributed by atoms with E-state index in [4.69, 9.17) is 5.11 Å². The lowest BCUT2D eigenvalue weighted by atomic mass is 10.1. The topological polar surface area (TPSA) is 66.4 Å². The van der Waals surface area contributed by atoms with Crippen LogP contribution in [0.25, 0.3) is 0 Å². The number of carbonyl (C=O) groups excluding carboxylic acids is 1. The molecule has 1 atom stereocenters. The Hall–Kier alpha value is -1.84. The number of amides is 1. The third-order valence-electron chi connectivity index (χ3n) is 3.44. The smallest absolute Gasteiger partial charge is 0.303 e. The predicted molar refractivity (Wildman–Crippen MR) is 83.5 cm³/mol. The van der Waals surface area contributed by atoms with Crippen molar-refractivity contribution in [3.63, 3.8) is 0 Å². The van der Waals surface area contributed by atoms with Crippen LogP contribution in [0.2, 0.25) is 0 Å². The highest BCUT2D eigenvalue weighted by molar-refractivity contribution is 5.94. The van der Waals surface area contributed by atoms with Gasteiger partial charge in [-0.25, -0.2) is 0 Å². The minimum Gasteiger partial charge on any atom is -0.481 e. The molecule has 0 aliphatic rings. The van der Waals surface area contributed by atoms with Crippen LogP contribution < -0.4 is 5.32 Å². The summed E-state index contributed by atoms with van der Waals surface area (Å²) >= 11 is 0. The van der Waals surface area contributed by atoms with Crippen molar-refractivity contribution in [2.45, 2.75) is 58.4 Å². The van der Waals surface area contributed by atoms with Gasteiger partial charge in [-0.15, -0.1) is 0 Å². The molecular formula is C17H25NO3. The molecule has 0 spiro atoms. The number of rotatable bonds is 9. The number of aliphatic carboxylic acids is 1. The molecule has 0 heterocycles. The van der Waals surface area contributed by atoms with Gasteiger partial charge in [0.15, 0.2) is 0 Å². The van der Waals surface area contributed by atoms with Crippen molar-refractivity contribution in [2.24, 2.45) is 0 Å². The zero-order valence-corrected chi connectivity index (χ0v) is 12.9. The van der Waals surface area contributed by atoms with E-state index in [1.54, 1.807) is 0 Å². The van der Waals surface area contributed by atoms with E-state index < -0.39 is 5.97 Å². The number of hydrogen-bond acceptors (Lipinski definition) is 2. The number of carboxylic acid groups (broad SMARTS) is 1. The maximum absolute atomic E-state index is 12.1. The first kappa shape index (κ1) is 17.2. The first-order chi connectivity index (χ1) is 10.0. The van der Waals surface area contributed by atoms with Gasteiger partial charge in [0.05, 0.1) is 0 Å². The predicted octanol–water partition coefficient (Wildman–Crippen LogP) is 3.40. The van der Waals surface area contributed by atoms with Gasteiger partial charge < -0.3 is 10.4 Å². The first-order valence-corrected chi connectivity index (χ1v) is 7.64. The van der Waals surface area contributed by atoms with Crippen molar-refractivity contribution in [3.8, 4) is 0 Å². The van der Waals surface area contributed by atoms with E-state index in [1.807, 2.05) is 31.2 Å². The summed E-state index contributed by atoms with van der Waals surface area (Å²) in [5.74, 6) is -0.893. The Bertz CT molecular complexity index is 454. The van der Waals surface area contributed by atoms with Gasteiger partial charge in [0, 0.05) is 18.0 Å². The zero-order chi connectivity index (χ0) is 15.7. The number of aryl methyl sites for hydroxylation is 1. The summed E-state index contributed by atoms with van der Waals surface area (Å²) in [5, 5.41) is 11.5. The monoisotopic (exact) mass is 291 g/mol. The summed E-state index contributed by atoms with van der Waals surface area (Å²) in [6, 6.07) is 7.69. The molecule has 21 heavy (non-hydrogen) atoms. The molecule has 1 aromatic carbocycles. The highest BCUT2D eigenvalue weighted by atomic mass is 16.4. The maximum Gasteiger partial charge on any atom is 0.303 e. The molecule has 1 amide bonds. The summed E-state index contributed by atoms with van der Waals surface area (Å²) in [7, 11) is 0. The van der Waals surface area contributed by atoms with Crippen LogP contribution in [-0.4, -0.2) is 23.0 Å². The van der Waals surface area contributed by atoms with E-state index in [0.717, 1.165) is 19.3 Å². The Labute approximate surface area is 126 Å². The number of unbranched alkanes of at least 4 members (excludes halogenated alkanes) is 1. The SMILES string of the molecule is CCCCc1ccc(C(=O)NC(C)CCCC(=O)O)cc1. The van der Waals surface area contributed by atoms with E-state index in [9.17, 15) is 9.59 Å². The third-order valence-corrected chi connectivity index (χ3v) is 3.44. The summed E-state index contributed by atoms with van der Waals surface area (Å²) in [6.07, 6.45) is 4.76. The summed E-state index contributed by atoms with van der Waals surface area (Å²) < 4.78 is 0. The van der Waals surface area contributed by atoms with Crippen LogP contribution >= 0.6 is 0 Å². The summed E-state index contributed by atoms with van der Waals surface area (Å²) in [5.41, 5.74) is 1.91. The molecular weight excluding hydrogens is 266 g/mol. The van der Waals surface area contributed by atoms with Crippen LogP contribution in [0.1, 0.15) is 61.9 Å². The van der Waals surface area contributed by atoms with E-state index >= 15 is 0 Å². The molecule has 2 N–H and O–H groups in total. The van der Waals surface area contributed by atoms with Gasteiger partial charge in [-0.05, 0) is 50.3 Å². The standard InChI is InChI=1S/C17H25NO3/c1-3-4-7-14-9-11-15(12-10-14)17(21)18-13(2)6-5-8-16(19)20/h9-13H,3-8H2,1-2H3,(H,18,21)(H,19,20). The molecule has 116 valence electrons. The quantitative estimate of drug-likeness (QED) is 0.732. The van der Waals surface area contributed by atoms with E-state index in [1.165, 1.54) is 5.56 Å². The number of carbonyl (C=O) groups is 2. The second-order valence-corrected chi connectivity index (χ2v) is 5.46. The van der Waals surface area contributed by atoms with Gasteiger partial charge in [0.25, 0.3) is 5.91 Å². The summed E-state index contributed by atoms with van der Waals surface area (Å²) in [6.45, 7) is 4.06. The number of nitrogens with one attached hydrogen (secondary N) is 1. The maximum atomic E-state index is 12.1. The van der Waals surface area contributed by atoms with Crippen molar-refractivity contribution in [3.05, 3.63) is 35.4 Å². The Morgan fingerprint density at radius 1 is 1.19 bits per heavy atom. The van der Waals surface area contributed by atoms with Crippen LogP contribution in [0.4, 0.5) is 0 Å². The van der Waals surface area contributed by atoms with Gasteiger partial charge in [-0.1, -0.05) is 25.5 Å². The van der Waals surface area contributed by atoms with Crippen molar-refractivity contribution in [2.75, 3.05) is 0 Å². The minimum absolute atomic E-state index is 0.0170. The molecule has 0 saturated heterocycles. The second-order valence-electron chi connectivity index (χ2n) is 5.46. The Balaban J connectivity index is 2.42. The number of benzene rings is 1. The minimum atomic E-state index is -0.795. The average Bonchev–Trinajstić information content (AvgIpc) is 2.45. The molecule has 0 bridgehead atoms. The van der Waals surface area contributed by atoms with Crippen molar-refractivity contribution in [1.82, 2.24) is 5.32 Å². The average molecular weight is 291 g/mol. The molecule has 0 fully saturated rings. The number of carboxylic acids is 1. The van der Waals surface area contributed by atoms with Crippen LogP contribution in [-0.2, 0) is 11.2 Å². The van der Waals surface area contributed by atoms with E-state index in [-0.39, 0.29) is 18.4 Å². The Morgan fingerprint density at radius 3 is 2.43 bits per heavy atom. The van der Waals surface area contributed by atoms with Gasteiger partial charge in [0.2, 0.25) is 0 Å². The van der Waals surface area contributed by atoms with Crippen molar-refractivity contribution < 1.29 is 14.7 Å². The van der Waals surface area contributed by atoms with Gasteiger partial charge in [-0.2, -0.15) is 0 Å². The fourth-order valence-electron chi connectivity index (χ4n) is 2.14. The van der Waals surface area contributed by atoms with Crippen LogP contribution in [0.3, 0.4) is 0 Å². The molecule has 0 aromatic heterocycles. The Kier molecular flexibility index (Phi) is 7.51.